The minimum atomic E-state index is -3.37. The molecule has 18 heavy (non-hydrogen) atoms. The first-order valence-electron chi connectivity index (χ1n) is 4.99. The van der Waals surface area contributed by atoms with Crippen LogP contribution in [0.4, 0.5) is 0 Å². The third-order valence-corrected chi connectivity index (χ3v) is 3.26. The van der Waals surface area contributed by atoms with Crippen LogP contribution in [0.1, 0.15) is 10.4 Å². The van der Waals surface area contributed by atoms with Crippen LogP contribution < -0.4 is 5.32 Å². The van der Waals surface area contributed by atoms with Crippen molar-refractivity contribution in [3.05, 3.63) is 29.8 Å². The van der Waals surface area contributed by atoms with E-state index in [4.69, 9.17) is 0 Å². The third-order valence-electron chi connectivity index (χ3n) is 2.15. The molecule has 0 saturated heterocycles. The van der Waals surface area contributed by atoms with E-state index in [9.17, 15) is 18.0 Å². The Hall–Kier alpha value is -1.89. The van der Waals surface area contributed by atoms with E-state index in [0.717, 1.165) is 6.26 Å². The fraction of sp³-hybridized carbons (Fsp3) is 0.273. The Balaban J connectivity index is 2.84. The number of ether oxygens (including phenoxy) is 1. The lowest BCUT2D eigenvalue weighted by atomic mass is 10.2. The summed E-state index contributed by atoms with van der Waals surface area (Å²) in [5, 5.41) is 2.32. The van der Waals surface area contributed by atoms with Gasteiger partial charge in [-0.3, -0.25) is 9.59 Å². The average Bonchev–Trinajstić information content (AvgIpc) is 2.34. The topological polar surface area (TPSA) is 89.5 Å². The molecule has 0 heterocycles. The van der Waals surface area contributed by atoms with Crippen molar-refractivity contribution in [1.82, 2.24) is 5.32 Å². The highest BCUT2D eigenvalue weighted by atomic mass is 32.2. The number of carbonyl (C=O) groups is 2. The Morgan fingerprint density at radius 2 is 2.00 bits per heavy atom. The van der Waals surface area contributed by atoms with Gasteiger partial charge in [0.2, 0.25) is 0 Å². The van der Waals surface area contributed by atoms with Gasteiger partial charge in [-0.15, -0.1) is 0 Å². The number of esters is 1. The molecule has 1 amide bonds. The summed E-state index contributed by atoms with van der Waals surface area (Å²) in [7, 11) is -2.16. The van der Waals surface area contributed by atoms with E-state index in [1.54, 1.807) is 0 Å². The molecule has 1 aromatic rings. The molecular formula is C11H13NO5S. The maximum atomic E-state index is 11.6. The van der Waals surface area contributed by atoms with Crippen LogP contribution in [0.3, 0.4) is 0 Å². The molecule has 98 valence electrons. The van der Waals surface area contributed by atoms with Gasteiger partial charge in [-0.05, 0) is 18.2 Å². The summed E-state index contributed by atoms with van der Waals surface area (Å²) in [6.07, 6.45) is 1.05. The largest absolute Gasteiger partial charge is 0.468 e. The minimum Gasteiger partial charge on any atom is -0.468 e. The first-order chi connectivity index (χ1) is 8.34. The molecular weight excluding hydrogens is 258 g/mol. The highest BCUT2D eigenvalue weighted by Gasteiger charge is 2.12. The van der Waals surface area contributed by atoms with Crippen molar-refractivity contribution >= 4 is 21.7 Å². The number of sulfone groups is 1. The van der Waals surface area contributed by atoms with Crippen LogP contribution in [0.15, 0.2) is 29.2 Å². The average molecular weight is 271 g/mol. The van der Waals surface area contributed by atoms with E-state index in [0.29, 0.717) is 0 Å². The van der Waals surface area contributed by atoms with Crippen LogP contribution in [0.2, 0.25) is 0 Å². The van der Waals surface area contributed by atoms with Crippen molar-refractivity contribution in [2.45, 2.75) is 4.90 Å². The number of amides is 1. The lowest BCUT2D eigenvalue weighted by Gasteiger charge is -2.05. The maximum absolute atomic E-state index is 11.6. The number of rotatable bonds is 4. The van der Waals surface area contributed by atoms with E-state index < -0.39 is 21.7 Å². The molecule has 0 aliphatic heterocycles. The summed E-state index contributed by atoms with van der Waals surface area (Å²) in [4.78, 5) is 22.5. The van der Waals surface area contributed by atoms with Gasteiger partial charge in [0.25, 0.3) is 5.91 Å². The number of hydrogen-bond acceptors (Lipinski definition) is 5. The van der Waals surface area contributed by atoms with Crippen LogP contribution in [0, 0.1) is 0 Å². The van der Waals surface area contributed by atoms with Crippen molar-refractivity contribution in [2.24, 2.45) is 0 Å². The molecule has 1 N–H and O–H groups in total. The van der Waals surface area contributed by atoms with Crippen LogP contribution in [-0.4, -0.2) is 40.2 Å². The van der Waals surface area contributed by atoms with Gasteiger partial charge < -0.3 is 10.1 Å². The summed E-state index contributed by atoms with van der Waals surface area (Å²) >= 11 is 0. The second-order valence-electron chi connectivity index (χ2n) is 3.56. The molecule has 0 unspecified atom stereocenters. The molecule has 0 radical (unpaired) electrons. The van der Waals surface area contributed by atoms with Gasteiger partial charge in [0.1, 0.15) is 6.54 Å². The van der Waals surface area contributed by atoms with Gasteiger partial charge in [-0.25, -0.2) is 8.42 Å². The van der Waals surface area contributed by atoms with Gasteiger partial charge in [-0.2, -0.15) is 0 Å². The molecule has 0 aliphatic carbocycles. The van der Waals surface area contributed by atoms with Crippen molar-refractivity contribution in [3.63, 3.8) is 0 Å². The van der Waals surface area contributed by atoms with Crippen molar-refractivity contribution < 1.29 is 22.7 Å². The molecule has 0 spiro atoms. The van der Waals surface area contributed by atoms with E-state index in [-0.39, 0.29) is 17.0 Å². The Kier molecular flexibility index (Phi) is 4.43. The Labute approximate surface area is 105 Å². The Morgan fingerprint density at radius 3 is 2.56 bits per heavy atom. The number of carbonyl (C=O) groups excluding carboxylic acids is 2. The summed E-state index contributed by atoms with van der Waals surface area (Å²) in [5.41, 5.74) is 0.168. The second-order valence-corrected chi connectivity index (χ2v) is 5.57. The van der Waals surface area contributed by atoms with Crippen LogP contribution in [0.25, 0.3) is 0 Å². The first-order valence-corrected chi connectivity index (χ1v) is 6.89. The predicted molar refractivity (Wildman–Crippen MR) is 63.9 cm³/mol. The zero-order valence-electron chi connectivity index (χ0n) is 9.97. The van der Waals surface area contributed by atoms with Gasteiger partial charge in [0, 0.05) is 11.8 Å². The fourth-order valence-electron chi connectivity index (χ4n) is 1.19. The minimum absolute atomic E-state index is 0.0493. The highest BCUT2D eigenvalue weighted by Crippen LogP contribution is 2.11. The molecule has 0 aliphatic rings. The number of methoxy groups -OCH3 is 1. The van der Waals surface area contributed by atoms with Crippen LogP contribution >= 0.6 is 0 Å². The molecule has 0 fully saturated rings. The summed E-state index contributed by atoms with van der Waals surface area (Å²) in [6, 6.07) is 5.57. The van der Waals surface area contributed by atoms with E-state index in [1.165, 1.54) is 31.4 Å². The summed E-state index contributed by atoms with van der Waals surface area (Å²) in [6.45, 7) is -0.265. The molecule has 6 nitrogen and oxygen atoms in total. The fourth-order valence-corrected chi connectivity index (χ4v) is 1.86. The quantitative estimate of drug-likeness (QED) is 0.778. The highest BCUT2D eigenvalue weighted by molar-refractivity contribution is 7.90. The lowest BCUT2D eigenvalue weighted by molar-refractivity contribution is -0.139. The Morgan fingerprint density at radius 1 is 1.33 bits per heavy atom. The predicted octanol–water partition coefficient (Wildman–Crippen LogP) is -0.00710. The van der Waals surface area contributed by atoms with Gasteiger partial charge >= 0.3 is 5.97 Å². The number of nitrogens with one attached hydrogen (secondary N) is 1. The first kappa shape index (κ1) is 14.2. The molecule has 1 aromatic carbocycles. The monoisotopic (exact) mass is 271 g/mol. The standard InChI is InChI=1S/C11H13NO5S/c1-17-10(13)7-12-11(14)8-4-3-5-9(6-8)18(2,15)16/h3-6H,7H2,1-2H3,(H,12,14). The molecule has 1 rings (SSSR count). The van der Waals surface area contributed by atoms with Crippen molar-refractivity contribution in [2.75, 3.05) is 19.9 Å². The Bertz CT molecular complexity index is 565. The zero-order chi connectivity index (χ0) is 13.8. The maximum Gasteiger partial charge on any atom is 0.325 e. The lowest BCUT2D eigenvalue weighted by Crippen LogP contribution is -2.30. The smallest absolute Gasteiger partial charge is 0.325 e. The van der Waals surface area contributed by atoms with E-state index in [1.807, 2.05) is 0 Å². The number of benzene rings is 1. The summed E-state index contributed by atoms with van der Waals surface area (Å²) < 4.78 is 27.0. The van der Waals surface area contributed by atoms with E-state index in [2.05, 4.69) is 10.1 Å². The van der Waals surface area contributed by atoms with Crippen LogP contribution in [-0.2, 0) is 19.4 Å². The van der Waals surface area contributed by atoms with Gasteiger partial charge in [-0.1, -0.05) is 6.07 Å². The van der Waals surface area contributed by atoms with Gasteiger partial charge in [0.15, 0.2) is 9.84 Å². The molecule has 0 bridgehead atoms. The molecule has 0 aromatic heterocycles. The molecule has 0 atom stereocenters. The molecule has 0 saturated carbocycles. The molecule has 7 heteroatoms. The second kappa shape index (κ2) is 5.63. The van der Waals surface area contributed by atoms with Crippen molar-refractivity contribution in [1.29, 1.82) is 0 Å². The summed E-state index contributed by atoms with van der Waals surface area (Å²) in [5.74, 6) is -1.12. The van der Waals surface area contributed by atoms with Crippen molar-refractivity contribution in [3.8, 4) is 0 Å². The SMILES string of the molecule is COC(=O)CNC(=O)c1cccc(S(C)(=O)=O)c1. The van der Waals surface area contributed by atoms with Gasteiger partial charge in [0.05, 0.1) is 12.0 Å². The third kappa shape index (κ3) is 3.85. The normalized spacial score (nSPS) is 10.8. The van der Waals surface area contributed by atoms with Crippen LogP contribution in [0.5, 0.6) is 0 Å². The zero-order valence-corrected chi connectivity index (χ0v) is 10.8. The number of hydrogen-bond donors (Lipinski definition) is 1. The van der Waals surface area contributed by atoms with E-state index >= 15 is 0 Å².